The van der Waals surface area contributed by atoms with Crippen LogP contribution in [0.15, 0.2) is 41.9 Å². The van der Waals surface area contributed by atoms with Crippen molar-refractivity contribution in [2.45, 2.75) is 0 Å². The zero-order chi connectivity index (χ0) is 15.4. The van der Waals surface area contributed by atoms with Gasteiger partial charge in [0.1, 0.15) is 5.56 Å². The second-order valence-electron chi connectivity index (χ2n) is 4.33. The lowest BCUT2D eigenvalue weighted by atomic mass is 10.1. The molecule has 1 aromatic carbocycles. The maximum Gasteiger partial charge on any atom is 0.339 e. The number of carboxylic acid groups (broad SMARTS) is 1. The SMILES string of the molecule is O=C(O)c1cnc(-c2ccccc2)nc1C=Cc1csnn1. The number of aromatic carboxylic acids is 1. The van der Waals surface area contributed by atoms with E-state index in [4.69, 9.17) is 0 Å². The Kier molecular flexibility index (Phi) is 3.97. The van der Waals surface area contributed by atoms with Crippen LogP contribution in [0.2, 0.25) is 0 Å². The summed E-state index contributed by atoms with van der Waals surface area (Å²) >= 11 is 1.22. The van der Waals surface area contributed by atoms with Crippen molar-refractivity contribution in [3.63, 3.8) is 0 Å². The molecule has 3 aromatic rings. The van der Waals surface area contributed by atoms with E-state index in [2.05, 4.69) is 19.6 Å². The number of benzene rings is 1. The van der Waals surface area contributed by atoms with Crippen molar-refractivity contribution in [3.05, 3.63) is 58.9 Å². The minimum atomic E-state index is -1.07. The van der Waals surface area contributed by atoms with Crippen LogP contribution in [0.3, 0.4) is 0 Å². The first-order valence-electron chi connectivity index (χ1n) is 6.35. The molecule has 1 N–H and O–H groups in total. The fourth-order valence-electron chi connectivity index (χ4n) is 1.82. The Morgan fingerprint density at radius 2 is 2.00 bits per heavy atom. The molecule has 0 aliphatic rings. The zero-order valence-electron chi connectivity index (χ0n) is 11.2. The number of hydrogen-bond donors (Lipinski definition) is 1. The van der Waals surface area contributed by atoms with Crippen LogP contribution in [-0.4, -0.2) is 30.6 Å². The van der Waals surface area contributed by atoms with Crippen molar-refractivity contribution < 1.29 is 9.90 Å². The molecule has 2 heterocycles. The summed E-state index contributed by atoms with van der Waals surface area (Å²) in [5, 5.41) is 14.9. The third-order valence-electron chi connectivity index (χ3n) is 2.87. The molecule has 22 heavy (non-hydrogen) atoms. The van der Waals surface area contributed by atoms with Crippen LogP contribution in [0.4, 0.5) is 0 Å². The van der Waals surface area contributed by atoms with Gasteiger partial charge in [-0.3, -0.25) is 0 Å². The Hall–Kier alpha value is -2.93. The Bertz CT molecular complexity index is 817. The molecule has 2 aromatic heterocycles. The minimum Gasteiger partial charge on any atom is -0.478 e. The maximum atomic E-state index is 11.3. The molecule has 0 unspecified atom stereocenters. The Morgan fingerprint density at radius 3 is 2.68 bits per heavy atom. The Labute approximate surface area is 130 Å². The smallest absolute Gasteiger partial charge is 0.339 e. The van der Waals surface area contributed by atoms with Gasteiger partial charge in [-0.2, -0.15) is 0 Å². The molecule has 7 heteroatoms. The zero-order valence-corrected chi connectivity index (χ0v) is 12.1. The number of aromatic nitrogens is 4. The van der Waals surface area contributed by atoms with Gasteiger partial charge >= 0.3 is 5.97 Å². The monoisotopic (exact) mass is 310 g/mol. The fourth-order valence-corrected chi connectivity index (χ4v) is 2.24. The van der Waals surface area contributed by atoms with Gasteiger partial charge in [0.15, 0.2) is 5.82 Å². The predicted molar refractivity (Wildman–Crippen MR) is 83.3 cm³/mol. The van der Waals surface area contributed by atoms with Crippen molar-refractivity contribution in [2.75, 3.05) is 0 Å². The van der Waals surface area contributed by atoms with Gasteiger partial charge in [-0.15, -0.1) is 5.10 Å². The molecule has 0 aliphatic carbocycles. The van der Waals surface area contributed by atoms with E-state index < -0.39 is 5.97 Å². The largest absolute Gasteiger partial charge is 0.478 e. The molecule has 0 fully saturated rings. The highest BCUT2D eigenvalue weighted by molar-refractivity contribution is 7.03. The number of carbonyl (C=O) groups is 1. The fraction of sp³-hybridized carbons (Fsp3) is 0. The van der Waals surface area contributed by atoms with Crippen LogP contribution in [0, 0.1) is 0 Å². The van der Waals surface area contributed by atoms with E-state index in [1.807, 2.05) is 30.3 Å². The third-order valence-corrected chi connectivity index (χ3v) is 3.39. The number of carboxylic acids is 1. The van der Waals surface area contributed by atoms with Gasteiger partial charge in [0.2, 0.25) is 0 Å². The van der Waals surface area contributed by atoms with Crippen LogP contribution < -0.4 is 0 Å². The maximum absolute atomic E-state index is 11.3. The topological polar surface area (TPSA) is 88.9 Å². The predicted octanol–water partition coefficient (Wildman–Crippen LogP) is 2.86. The van der Waals surface area contributed by atoms with Gasteiger partial charge in [-0.05, 0) is 23.7 Å². The van der Waals surface area contributed by atoms with E-state index in [0.717, 1.165) is 5.56 Å². The highest BCUT2D eigenvalue weighted by atomic mass is 32.1. The summed E-state index contributed by atoms with van der Waals surface area (Å²) in [4.78, 5) is 19.8. The summed E-state index contributed by atoms with van der Waals surface area (Å²) in [6.45, 7) is 0. The first-order chi connectivity index (χ1) is 10.7. The molecule has 0 bridgehead atoms. The normalized spacial score (nSPS) is 10.9. The first-order valence-corrected chi connectivity index (χ1v) is 7.18. The summed E-state index contributed by atoms with van der Waals surface area (Å²) in [6, 6.07) is 9.38. The van der Waals surface area contributed by atoms with Gasteiger partial charge in [-0.25, -0.2) is 14.8 Å². The molecular formula is C15H10N4O2S. The number of nitrogens with zero attached hydrogens (tertiary/aromatic N) is 4. The second kappa shape index (κ2) is 6.23. The Balaban J connectivity index is 2.03. The summed E-state index contributed by atoms with van der Waals surface area (Å²) in [5.41, 5.74) is 1.85. The number of rotatable bonds is 4. The van der Waals surface area contributed by atoms with Crippen molar-refractivity contribution in [1.82, 2.24) is 19.6 Å². The first kappa shape index (κ1) is 14.0. The van der Waals surface area contributed by atoms with E-state index in [0.29, 0.717) is 17.2 Å². The van der Waals surface area contributed by atoms with Gasteiger partial charge in [0.25, 0.3) is 0 Å². The van der Waals surface area contributed by atoms with Gasteiger partial charge in [0, 0.05) is 17.1 Å². The lowest BCUT2D eigenvalue weighted by Gasteiger charge is -2.04. The highest BCUT2D eigenvalue weighted by Gasteiger charge is 2.12. The molecule has 0 aliphatic heterocycles. The van der Waals surface area contributed by atoms with Crippen molar-refractivity contribution >= 4 is 29.7 Å². The van der Waals surface area contributed by atoms with Crippen molar-refractivity contribution in [3.8, 4) is 11.4 Å². The van der Waals surface area contributed by atoms with Gasteiger partial charge in [0.05, 0.1) is 11.4 Å². The average molecular weight is 310 g/mol. The molecule has 0 spiro atoms. The summed E-state index contributed by atoms with van der Waals surface area (Å²) in [7, 11) is 0. The van der Waals surface area contributed by atoms with E-state index in [-0.39, 0.29) is 5.56 Å². The minimum absolute atomic E-state index is 0.0409. The molecular weight excluding hydrogens is 300 g/mol. The van der Waals surface area contributed by atoms with E-state index >= 15 is 0 Å². The van der Waals surface area contributed by atoms with Gasteiger partial charge < -0.3 is 5.11 Å². The van der Waals surface area contributed by atoms with Crippen molar-refractivity contribution in [2.24, 2.45) is 0 Å². The highest BCUT2D eigenvalue weighted by Crippen LogP contribution is 2.17. The quantitative estimate of drug-likeness (QED) is 0.797. The van der Waals surface area contributed by atoms with Crippen LogP contribution in [0.25, 0.3) is 23.5 Å². The van der Waals surface area contributed by atoms with E-state index in [1.54, 1.807) is 17.5 Å². The molecule has 0 saturated heterocycles. The number of hydrogen-bond acceptors (Lipinski definition) is 6. The van der Waals surface area contributed by atoms with Crippen LogP contribution in [0.1, 0.15) is 21.7 Å². The molecule has 6 nitrogen and oxygen atoms in total. The summed E-state index contributed by atoms with van der Waals surface area (Å²) in [5.74, 6) is -0.600. The van der Waals surface area contributed by atoms with Crippen LogP contribution in [-0.2, 0) is 0 Å². The van der Waals surface area contributed by atoms with E-state index in [9.17, 15) is 9.90 Å². The molecule has 3 rings (SSSR count). The molecule has 0 amide bonds. The van der Waals surface area contributed by atoms with E-state index in [1.165, 1.54) is 17.7 Å². The lowest BCUT2D eigenvalue weighted by Crippen LogP contribution is -2.04. The lowest BCUT2D eigenvalue weighted by molar-refractivity contribution is 0.0695. The second-order valence-corrected chi connectivity index (χ2v) is 4.94. The molecule has 0 saturated carbocycles. The Morgan fingerprint density at radius 1 is 1.18 bits per heavy atom. The summed E-state index contributed by atoms with van der Waals surface area (Å²) in [6.07, 6.45) is 4.60. The van der Waals surface area contributed by atoms with Gasteiger partial charge in [-0.1, -0.05) is 34.8 Å². The molecule has 0 radical (unpaired) electrons. The van der Waals surface area contributed by atoms with Crippen LogP contribution >= 0.6 is 11.5 Å². The van der Waals surface area contributed by atoms with Crippen LogP contribution in [0.5, 0.6) is 0 Å². The molecule has 0 atom stereocenters. The standard InChI is InChI=1S/C15H10N4O2S/c20-15(21)12-8-16-14(10-4-2-1-3-5-10)17-13(12)7-6-11-9-22-19-18-11/h1-9H,(H,20,21). The molecule has 108 valence electrons. The average Bonchev–Trinajstić information content (AvgIpc) is 3.07. The summed E-state index contributed by atoms with van der Waals surface area (Å²) < 4.78 is 3.75. The third kappa shape index (κ3) is 3.04. The van der Waals surface area contributed by atoms with Crippen molar-refractivity contribution in [1.29, 1.82) is 0 Å².